The van der Waals surface area contributed by atoms with Crippen LogP contribution >= 0.6 is 0 Å². The zero-order valence-electron chi connectivity index (χ0n) is 8.10. The smallest absolute Gasteiger partial charge is 0.311 e. The molecule has 3 nitrogen and oxygen atoms in total. The van der Waals surface area contributed by atoms with E-state index in [2.05, 4.69) is 6.08 Å². The van der Waals surface area contributed by atoms with Crippen molar-refractivity contribution in [3.05, 3.63) is 31.1 Å². The van der Waals surface area contributed by atoms with Crippen molar-refractivity contribution < 1.29 is 14.3 Å². The van der Waals surface area contributed by atoms with Crippen molar-refractivity contribution in [1.82, 2.24) is 0 Å². The molecule has 1 aliphatic heterocycles. The summed E-state index contributed by atoms with van der Waals surface area (Å²) in [5, 5.41) is 0. The molecule has 2 aliphatic rings. The third kappa shape index (κ3) is 1.69. The molecule has 0 unspecified atom stereocenters. The van der Waals surface area contributed by atoms with Crippen molar-refractivity contribution in [2.45, 2.75) is 18.9 Å². The molecule has 75 valence electrons. The number of esters is 1. The number of carbonyl (C=O) groups is 1. The standard InChI is InChI=1S/C11H13O3/c1-13-11(12)9-6-2-4-8-5-3-7-14-10(8)9/h3-5,7,9-10H,2,6H2,1H3/t9-,10+/m0/s1. The van der Waals surface area contributed by atoms with Gasteiger partial charge < -0.3 is 9.47 Å². The van der Waals surface area contributed by atoms with Gasteiger partial charge in [0.15, 0.2) is 0 Å². The Morgan fingerprint density at radius 1 is 1.64 bits per heavy atom. The van der Waals surface area contributed by atoms with Crippen molar-refractivity contribution >= 4 is 5.97 Å². The highest BCUT2D eigenvalue weighted by Gasteiger charge is 2.36. The van der Waals surface area contributed by atoms with Gasteiger partial charge in [-0.1, -0.05) is 6.08 Å². The number of ether oxygens (including phenoxy) is 2. The van der Waals surface area contributed by atoms with Crippen molar-refractivity contribution in [3.63, 3.8) is 0 Å². The number of carbonyl (C=O) groups excluding carboxylic acids is 1. The van der Waals surface area contributed by atoms with Gasteiger partial charge in [0.1, 0.15) is 0 Å². The third-order valence-corrected chi connectivity index (χ3v) is 2.65. The second-order valence-corrected chi connectivity index (χ2v) is 3.46. The van der Waals surface area contributed by atoms with E-state index in [0.717, 1.165) is 18.4 Å². The first kappa shape index (κ1) is 9.71. The summed E-state index contributed by atoms with van der Waals surface area (Å²) in [5.41, 5.74) is 1.09. The van der Waals surface area contributed by atoms with E-state index in [0.29, 0.717) is 0 Å². The Morgan fingerprint density at radius 2 is 2.50 bits per heavy atom. The number of hydrogen-bond donors (Lipinski definition) is 0. The van der Waals surface area contributed by atoms with E-state index in [1.165, 1.54) is 7.11 Å². The lowest BCUT2D eigenvalue weighted by Gasteiger charge is -2.33. The average molecular weight is 193 g/mol. The van der Waals surface area contributed by atoms with Gasteiger partial charge in [0.05, 0.1) is 25.7 Å². The van der Waals surface area contributed by atoms with Gasteiger partial charge in [0, 0.05) is 6.42 Å². The van der Waals surface area contributed by atoms with Gasteiger partial charge >= 0.3 is 5.97 Å². The summed E-state index contributed by atoms with van der Waals surface area (Å²) in [6, 6.07) is 0. The Kier molecular flexibility index (Phi) is 2.87. The van der Waals surface area contributed by atoms with E-state index in [9.17, 15) is 4.79 Å². The molecule has 1 aliphatic carbocycles. The summed E-state index contributed by atoms with van der Waals surface area (Å²) in [4.78, 5) is 11.5. The van der Waals surface area contributed by atoms with Crippen LogP contribution in [0.15, 0.2) is 11.6 Å². The molecule has 0 N–H and O–H groups in total. The number of fused-ring (bicyclic) bond motifs is 1. The molecule has 2 rings (SSSR count). The van der Waals surface area contributed by atoms with Crippen LogP contribution in [0.4, 0.5) is 0 Å². The maximum Gasteiger partial charge on any atom is 0.311 e. The Bertz CT molecular complexity index is 257. The van der Waals surface area contributed by atoms with E-state index < -0.39 is 0 Å². The molecule has 1 fully saturated rings. The lowest BCUT2D eigenvalue weighted by atomic mass is 9.83. The van der Waals surface area contributed by atoms with Crippen molar-refractivity contribution in [1.29, 1.82) is 0 Å². The summed E-state index contributed by atoms with van der Waals surface area (Å²) in [6.07, 6.45) is 7.54. The van der Waals surface area contributed by atoms with Crippen LogP contribution in [-0.4, -0.2) is 19.2 Å². The van der Waals surface area contributed by atoms with Crippen LogP contribution in [-0.2, 0) is 14.3 Å². The Morgan fingerprint density at radius 3 is 3.29 bits per heavy atom. The highest BCUT2D eigenvalue weighted by atomic mass is 16.5. The van der Waals surface area contributed by atoms with Gasteiger partial charge in [-0.25, -0.2) is 0 Å². The molecule has 3 radical (unpaired) electrons. The second-order valence-electron chi connectivity index (χ2n) is 3.46. The Labute approximate surface area is 84.1 Å². The van der Waals surface area contributed by atoms with E-state index in [-0.39, 0.29) is 18.0 Å². The highest BCUT2D eigenvalue weighted by Crippen LogP contribution is 2.33. The molecule has 0 spiro atoms. The molecular formula is C11H13O3. The molecule has 0 aromatic heterocycles. The first-order chi connectivity index (χ1) is 6.83. The number of rotatable bonds is 1. The van der Waals surface area contributed by atoms with Gasteiger partial charge in [-0.05, 0) is 24.8 Å². The fourth-order valence-corrected chi connectivity index (χ4v) is 1.94. The first-order valence-electron chi connectivity index (χ1n) is 4.76. The molecule has 0 aromatic carbocycles. The SMILES string of the molecule is COC(=O)[C@H]1CCC=C2[CH][CH][CH]O[C@H]21. The summed E-state index contributed by atoms with van der Waals surface area (Å²) >= 11 is 0. The molecule has 0 aromatic rings. The van der Waals surface area contributed by atoms with Crippen molar-refractivity contribution in [2.24, 2.45) is 5.92 Å². The minimum atomic E-state index is -0.177. The normalized spacial score (nSPS) is 31.6. The molecule has 1 saturated heterocycles. The Balaban J connectivity index is 2.13. The van der Waals surface area contributed by atoms with Crippen LogP contribution in [0.25, 0.3) is 0 Å². The molecule has 1 heterocycles. The molecule has 0 bridgehead atoms. The fourth-order valence-electron chi connectivity index (χ4n) is 1.94. The minimum absolute atomic E-state index is 0.138. The van der Waals surface area contributed by atoms with E-state index in [1.807, 2.05) is 12.8 Å². The van der Waals surface area contributed by atoms with E-state index in [1.54, 1.807) is 6.61 Å². The summed E-state index contributed by atoms with van der Waals surface area (Å²) in [6.45, 7) is 1.63. The lowest BCUT2D eigenvalue weighted by molar-refractivity contribution is -0.149. The molecular weight excluding hydrogens is 180 g/mol. The lowest BCUT2D eigenvalue weighted by Crippen LogP contribution is -2.37. The van der Waals surface area contributed by atoms with Gasteiger partial charge in [0.25, 0.3) is 0 Å². The molecule has 3 heteroatoms. The summed E-state index contributed by atoms with van der Waals surface area (Å²) < 4.78 is 10.2. The van der Waals surface area contributed by atoms with Gasteiger partial charge in [0.2, 0.25) is 0 Å². The van der Waals surface area contributed by atoms with Crippen molar-refractivity contribution in [2.75, 3.05) is 7.11 Å². The third-order valence-electron chi connectivity index (χ3n) is 2.65. The summed E-state index contributed by atoms with van der Waals surface area (Å²) in [5.74, 6) is -0.328. The molecule has 0 amide bonds. The molecule has 2 atom stereocenters. The maximum absolute atomic E-state index is 11.5. The first-order valence-corrected chi connectivity index (χ1v) is 4.76. The average Bonchev–Trinajstić information content (AvgIpc) is 2.27. The zero-order valence-corrected chi connectivity index (χ0v) is 8.10. The van der Waals surface area contributed by atoms with Crippen molar-refractivity contribution in [3.8, 4) is 0 Å². The molecule has 0 saturated carbocycles. The van der Waals surface area contributed by atoms with Gasteiger partial charge in [-0.2, -0.15) is 0 Å². The summed E-state index contributed by atoms with van der Waals surface area (Å²) in [7, 11) is 1.42. The van der Waals surface area contributed by atoms with Crippen LogP contribution in [0.2, 0.25) is 0 Å². The predicted molar refractivity (Wildman–Crippen MR) is 50.6 cm³/mol. The quantitative estimate of drug-likeness (QED) is 0.591. The molecule has 14 heavy (non-hydrogen) atoms. The van der Waals surface area contributed by atoms with Crippen LogP contribution in [0.3, 0.4) is 0 Å². The van der Waals surface area contributed by atoms with Crippen LogP contribution < -0.4 is 0 Å². The maximum atomic E-state index is 11.5. The van der Waals surface area contributed by atoms with Gasteiger partial charge in [-0.15, -0.1) is 0 Å². The van der Waals surface area contributed by atoms with Gasteiger partial charge in [-0.3, -0.25) is 4.79 Å². The zero-order chi connectivity index (χ0) is 9.97. The monoisotopic (exact) mass is 193 g/mol. The van der Waals surface area contributed by atoms with Crippen LogP contribution in [0, 0.1) is 25.4 Å². The van der Waals surface area contributed by atoms with Crippen LogP contribution in [0.5, 0.6) is 0 Å². The topological polar surface area (TPSA) is 35.5 Å². The fraction of sp³-hybridized carbons (Fsp3) is 0.455. The van der Waals surface area contributed by atoms with Crippen LogP contribution in [0.1, 0.15) is 12.8 Å². The number of methoxy groups -OCH3 is 1. The van der Waals surface area contributed by atoms with E-state index >= 15 is 0 Å². The minimum Gasteiger partial charge on any atom is -0.469 e. The Hall–Kier alpha value is -0.830. The number of hydrogen-bond acceptors (Lipinski definition) is 3. The second kappa shape index (κ2) is 4.13. The largest absolute Gasteiger partial charge is 0.469 e. The number of allylic oxidation sites excluding steroid dienone is 1. The highest BCUT2D eigenvalue weighted by molar-refractivity contribution is 5.74. The van der Waals surface area contributed by atoms with E-state index in [4.69, 9.17) is 9.47 Å². The predicted octanol–water partition coefficient (Wildman–Crippen LogP) is 1.46.